The summed E-state index contributed by atoms with van der Waals surface area (Å²) in [4.78, 5) is 19.3. The molecule has 1 aliphatic rings. The fourth-order valence-electron chi connectivity index (χ4n) is 1.68. The lowest BCUT2D eigenvalue weighted by Gasteiger charge is -2.32. The molecule has 0 unspecified atom stereocenters. The highest BCUT2D eigenvalue weighted by molar-refractivity contribution is 5.82. The van der Waals surface area contributed by atoms with Crippen molar-refractivity contribution in [2.75, 3.05) is 31.6 Å². The number of hydrogen-bond donors (Lipinski definition) is 0. The van der Waals surface area contributed by atoms with Gasteiger partial charge >= 0.3 is 0 Å². The van der Waals surface area contributed by atoms with Gasteiger partial charge in [0, 0.05) is 26.3 Å². The molecule has 0 aromatic carbocycles. The standard InChI is InChI=1S/C11H12N4O/c1-14-5-6-15(8-10(14)16)11-9(7-12)3-2-4-13-11/h2-4H,5-6,8H2,1H3. The summed E-state index contributed by atoms with van der Waals surface area (Å²) in [6, 6.07) is 5.53. The molecular formula is C11H12N4O. The molecule has 0 spiro atoms. The summed E-state index contributed by atoms with van der Waals surface area (Å²) < 4.78 is 0. The molecule has 1 aromatic rings. The third kappa shape index (κ3) is 1.82. The number of carbonyl (C=O) groups excluding carboxylic acids is 1. The Labute approximate surface area is 93.9 Å². The molecule has 0 N–H and O–H groups in total. The summed E-state index contributed by atoms with van der Waals surface area (Å²) in [6.45, 7) is 1.68. The summed E-state index contributed by atoms with van der Waals surface area (Å²) >= 11 is 0. The Morgan fingerprint density at radius 1 is 1.50 bits per heavy atom. The highest BCUT2D eigenvalue weighted by Gasteiger charge is 2.23. The molecule has 0 atom stereocenters. The fourth-order valence-corrected chi connectivity index (χ4v) is 1.68. The monoisotopic (exact) mass is 216 g/mol. The van der Waals surface area contributed by atoms with Gasteiger partial charge in [0.25, 0.3) is 0 Å². The molecule has 16 heavy (non-hydrogen) atoms. The number of nitrogens with zero attached hydrogens (tertiary/aromatic N) is 4. The molecule has 0 radical (unpaired) electrons. The van der Waals surface area contributed by atoms with Crippen LogP contribution < -0.4 is 4.90 Å². The Balaban J connectivity index is 2.25. The average molecular weight is 216 g/mol. The second kappa shape index (κ2) is 4.19. The molecule has 82 valence electrons. The van der Waals surface area contributed by atoms with Crippen LogP contribution in [0, 0.1) is 11.3 Å². The molecule has 0 saturated carbocycles. The van der Waals surface area contributed by atoms with Crippen LogP contribution in [0.15, 0.2) is 18.3 Å². The minimum atomic E-state index is 0.0563. The zero-order valence-electron chi connectivity index (χ0n) is 9.05. The van der Waals surface area contributed by atoms with E-state index < -0.39 is 0 Å². The van der Waals surface area contributed by atoms with E-state index in [0.29, 0.717) is 31.0 Å². The van der Waals surface area contributed by atoms with Gasteiger partial charge in [0.2, 0.25) is 5.91 Å². The van der Waals surface area contributed by atoms with E-state index in [1.165, 1.54) is 0 Å². The van der Waals surface area contributed by atoms with Gasteiger partial charge in [-0.15, -0.1) is 0 Å². The van der Waals surface area contributed by atoms with Crippen LogP contribution in [0.25, 0.3) is 0 Å². The van der Waals surface area contributed by atoms with E-state index in [9.17, 15) is 4.79 Å². The van der Waals surface area contributed by atoms with Crippen molar-refractivity contribution in [2.45, 2.75) is 0 Å². The number of nitriles is 1. The topological polar surface area (TPSA) is 60.2 Å². The number of likely N-dealkylation sites (N-methyl/N-ethyl adjacent to an activating group) is 1. The molecule has 0 aliphatic carbocycles. The average Bonchev–Trinajstić information content (AvgIpc) is 2.32. The third-order valence-electron chi connectivity index (χ3n) is 2.66. The van der Waals surface area contributed by atoms with Crippen molar-refractivity contribution in [3.8, 4) is 6.07 Å². The SMILES string of the molecule is CN1CCN(c2ncccc2C#N)CC1=O. The quantitative estimate of drug-likeness (QED) is 0.674. The van der Waals surface area contributed by atoms with Gasteiger partial charge in [-0.25, -0.2) is 4.98 Å². The highest BCUT2D eigenvalue weighted by atomic mass is 16.2. The van der Waals surface area contributed by atoms with Crippen LogP contribution in [0.4, 0.5) is 5.82 Å². The first-order valence-corrected chi connectivity index (χ1v) is 5.06. The van der Waals surface area contributed by atoms with Gasteiger partial charge in [-0.05, 0) is 12.1 Å². The predicted molar refractivity (Wildman–Crippen MR) is 58.8 cm³/mol. The first-order chi connectivity index (χ1) is 7.72. The lowest BCUT2D eigenvalue weighted by atomic mass is 10.2. The van der Waals surface area contributed by atoms with E-state index in [-0.39, 0.29) is 5.91 Å². The maximum absolute atomic E-state index is 11.6. The Morgan fingerprint density at radius 2 is 2.31 bits per heavy atom. The molecule has 1 amide bonds. The van der Waals surface area contributed by atoms with Crippen molar-refractivity contribution >= 4 is 11.7 Å². The summed E-state index contributed by atoms with van der Waals surface area (Å²) in [5.41, 5.74) is 0.514. The fraction of sp³-hybridized carbons (Fsp3) is 0.364. The number of rotatable bonds is 1. The summed E-state index contributed by atoms with van der Waals surface area (Å²) in [6.07, 6.45) is 1.64. The second-order valence-electron chi connectivity index (χ2n) is 3.72. The Morgan fingerprint density at radius 3 is 3.00 bits per heavy atom. The number of pyridine rings is 1. The van der Waals surface area contributed by atoms with E-state index in [0.717, 1.165) is 0 Å². The van der Waals surface area contributed by atoms with Gasteiger partial charge in [0.05, 0.1) is 12.1 Å². The van der Waals surface area contributed by atoms with Crippen molar-refractivity contribution in [3.63, 3.8) is 0 Å². The van der Waals surface area contributed by atoms with Crippen molar-refractivity contribution in [3.05, 3.63) is 23.9 Å². The minimum Gasteiger partial charge on any atom is -0.344 e. The number of anilines is 1. The lowest BCUT2D eigenvalue weighted by Crippen LogP contribution is -2.49. The van der Waals surface area contributed by atoms with Crippen molar-refractivity contribution in [1.29, 1.82) is 5.26 Å². The molecule has 2 rings (SSSR count). The number of aromatic nitrogens is 1. The van der Waals surface area contributed by atoms with E-state index >= 15 is 0 Å². The van der Waals surface area contributed by atoms with Gasteiger partial charge in [-0.3, -0.25) is 4.79 Å². The van der Waals surface area contributed by atoms with Gasteiger partial charge in [0.15, 0.2) is 0 Å². The smallest absolute Gasteiger partial charge is 0.241 e. The van der Waals surface area contributed by atoms with Crippen molar-refractivity contribution in [2.24, 2.45) is 0 Å². The van der Waals surface area contributed by atoms with E-state index in [1.807, 2.05) is 4.90 Å². The van der Waals surface area contributed by atoms with Crippen LogP contribution in [0.1, 0.15) is 5.56 Å². The van der Waals surface area contributed by atoms with Crippen molar-refractivity contribution < 1.29 is 4.79 Å². The molecule has 2 heterocycles. The predicted octanol–water partition coefficient (Wildman–Crippen LogP) is 0.232. The number of hydrogen-bond acceptors (Lipinski definition) is 4. The molecule has 5 heteroatoms. The Kier molecular flexibility index (Phi) is 2.73. The Bertz CT molecular complexity index is 452. The van der Waals surface area contributed by atoms with Gasteiger partial charge < -0.3 is 9.80 Å². The van der Waals surface area contributed by atoms with E-state index in [1.54, 1.807) is 30.3 Å². The maximum atomic E-state index is 11.6. The van der Waals surface area contributed by atoms with E-state index in [2.05, 4.69) is 11.1 Å². The summed E-state index contributed by atoms with van der Waals surface area (Å²) in [5, 5.41) is 8.95. The molecule has 1 saturated heterocycles. The van der Waals surface area contributed by atoms with Gasteiger partial charge in [0.1, 0.15) is 11.9 Å². The van der Waals surface area contributed by atoms with Crippen LogP contribution in [0.3, 0.4) is 0 Å². The minimum absolute atomic E-state index is 0.0563. The molecule has 1 aromatic heterocycles. The van der Waals surface area contributed by atoms with Gasteiger partial charge in [-0.1, -0.05) is 0 Å². The zero-order valence-corrected chi connectivity index (χ0v) is 9.05. The van der Waals surface area contributed by atoms with Crippen LogP contribution in [-0.2, 0) is 4.79 Å². The van der Waals surface area contributed by atoms with Gasteiger partial charge in [-0.2, -0.15) is 5.26 Å². The maximum Gasteiger partial charge on any atom is 0.241 e. The number of piperazine rings is 1. The molecule has 0 bridgehead atoms. The van der Waals surface area contributed by atoms with Crippen LogP contribution in [-0.4, -0.2) is 42.5 Å². The Hall–Kier alpha value is -2.09. The molecular weight excluding hydrogens is 204 g/mol. The zero-order chi connectivity index (χ0) is 11.5. The largest absolute Gasteiger partial charge is 0.344 e. The van der Waals surface area contributed by atoms with E-state index in [4.69, 9.17) is 5.26 Å². The lowest BCUT2D eigenvalue weighted by molar-refractivity contribution is -0.129. The molecule has 1 fully saturated rings. The first-order valence-electron chi connectivity index (χ1n) is 5.06. The van der Waals surface area contributed by atoms with Crippen LogP contribution in [0.5, 0.6) is 0 Å². The normalized spacial score (nSPS) is 16.1. The second-order valence-corrected chi connectivity index (χ2v) is 3.72. The first kappa shape index (κ1) is 10.4. The van der Waals surface area contributed by atoms with Crippen LogP contribution in [0.2, 0.25) is 0 Å². The third-order valence-corrected chi connectivity index (χ3v) is 2.66. The van der Waals surface area contributed by atoms with Crippen molar-refractivity contribution in [1.82, 2.24) is 9.88 Å². The molecule has 1 aliphatic heterocycles. The molecule has 5 nitrogen and oxygen atoms in total. The van der Waals surface area contributed by atoms with Crippen LogP contribution >= 0.6 is 0 Å². The summed E-state index contributed by atoms with van der Waals surface area (Å²) in [5.74, 6) is 0.659. The number of carbonyl (C=O) groups is 1. The highest BCUT2D eigenvalue weighted by Crippen LogP contribution is 2.17. The summed E-state index contributed by atoms with van der Waals surface area (Å²) in [7, 11) is 1.78. The number of amides is 1.